The Balaban J connectivity index is 4.31. The van der Waals surface area contributed by atoms with Crippen LogP contribution in [0.1, 0.15) is 240 Å². The third-order valence-corrected chi connectivity index (χ3v) is 10.3. The maximum absolute atomic E-state index is 12.7. The van der Waals surface area contributed by atoms with Gasteiger partial charge in [-0.1, -0.05) is 202 Å². The predicted octanol–water partition coefficient (Wildman–Crippen LogP) is 13.8. The molecule has 0 saturated heterocycles. The van der Waals surface area contributed by atoms with Gasteiger partial charge in [-0.15, -0.1) is 0 Å². The molecule has 0 bridgehead atoms. The van der Waals surface area contributed by atoms with Crippen molar-refractivity contribution in [1.29, 1.82) is 0 Å². The van der Waals surface area contributed by atoms with E-state index < -0.39 is 6.10 Å². The molecule has 0 N–H and O–H groups in total. The second-order valence-electron chi connectivity index (χ2n) is 16.1. The fraction of sp³-hybridized carbons (Fsp3) is 0.933. The van der Waals surface area contributed by atoms with E-state index >= 15 is 0 Å². The second-order valence-corrected chi connectivity index (χ2v) is 16.1. The average molecular weight is 723 g/mol. The molecule has 0 spiro atoms. The maximum Gasteiger partial charge on any atom is 0.306 e. The Labute approximate surface area is 317 Å². The average Bonchev–Trinajstić information content (AvgIpc) is 3.11. The van der Waals surface area contributed by atoms with Gasteiger partial charge in [0.1, 0.15) is 13.2 Å². The molecule has 302 valence electrons. The Morgan fingerprint density at radius 1 is 0.412 bits per heavy atom. The van der Waals surface area contributed by atoms with Gasteiger partial charge in [-0.3, -0.25) is 14.4 Å². The SMILES string of the molecule is CCCCCCCCCCCC(=O)OC[C@H](COC(=O)CCCCCCCCCCCCC(C)CC)OC(=O)CCCCCCCCCC(C)C. The van der Waals surface area contributed by atoms with E-state index in [0.717, 1.165) is 69.6 Å². The van der Waals surface area contributed by atoms with Crippen LogP contribution in [-0.2, 0) is 28.6 Å². The minimum atomic E-state index is -0.760. The van der Waals surface area contributed by atoms with Crippen molar-refractivity contribution in [2.75, 3.05) is 13.2 Å². The lowest BCUT2D eigenvalue weighted by molar-refractivity contribution is -0.167. The van der Waals surface area contributed by atoms with Crippen LogP contribution in [0.3, 0.4) is 0 Å². The first-order chi connectivity index (χ1) is 24.8. The summed E-state index contributed by atoms with van der Waals surface area (Å²) in [6.07, 6.45) is 35.2. The molecule has 6 nitrogen and oxygen atoms in total. The largest absolute Gasteiger partial charge is 0.462 e. The first kappa shape index (κ1) is 49.4. The molecule has 51 heavy (non-hydrogen) atoms. The number of hydrogen-bond donors (Lipinski definition) is 0. The molecule has 0 aliphatic heterocycles. The van der Waals surface area contributed by atoms with E-state index in [-0.39, 0.29) is 31.1 Å². The third-order valence-electron chi connectivity index (χ3n) is 10.3. The highest BCUT2D eigenvalue weighted by Gasteiger charge is 2.19. The molecule has 0 aromatic rings. The van der Waals surface area contributed by atoms with Crippen molar-refractivity contribution in [3.63, 3.8) is 0 Å². The summed E-state index contributed by atoms with van der Waals surface area (Å²) in [5.41, 5.74) is 0. The molecule has 2 atom stereocenters. The summed E-state index contributed by atoms with van der Waals surface area (Å²) >= 11 is 0. The Morgan fingerprint density at radius 3 is 1.12 bits per heavy atom. The van der Waals surface area contributed by atoms with Gasteiger partial charge in [-0.25, -0.2) is 0 Å². The first-order valence-corrected chi connectivity index (χ1v) is 22.3. The van der Waals surface area contributed by atoms with E-state index in [1.54, 1.807) is 0 Å². The number of carbonyl (C=O) groups is 3. The lowest BCUT2D eigenvalue weighted by Gasteiger charge is -2.18. The van der Waals surface area contributed by atoms with Crippen LogP contribution in [0.4, 0.5) is 0 Å². The van der Waals surface area contributed by atoms with Crippen molar-refractivity contribution in [2.45, 2.75) is 246 Å². The highest BCUT2D eigenvalue weighted by Crippen LogP contribution is 2.17. The molecule has 1 unspecified atom stereocenters. The molecule has 0 amide bonds. The van der Waals surface area contributed by atoms with Crippen LogP contribution >= 0.6 is 0 Å². The maximum atomic E-state index is 12.7. The van der Waals surface area contributed by atoms with Gasteiger partial charge in [0.25, 0.3) is 0 Å². The summed E-state index contributed by atoms with van der Waals surface area (Å²) in [5, 5.41) is 0. The molecule has 0 radical (unpaired) electrons. The molecular formula is C45H86O6. The Morgan fingerprint density at radius 2 is 0.745 bits per heavy atom. The molecule has 0 fully saturated rings. The van der Waals surface area contributed by atoms with Crippen LogP contribution in [0.2, 0.25) is 0 Å². The summed E-state index contributed by atoms with van der Waals surface area (Å²) in [5.74, 6) is 0.783. The van der Waals surface area contributed by atoms with E-state index in [4.69, 9.17) is 14.2 Å². The molecule has 0 heterocycles. The van der Waals surface area contributed by atoms with E-state index in [0.29, 0.717) is 19.3 Å². The summed E-state index contributed by atoms with van der Waals surface area (Å²) in [4.78, 5) is 37.6. The second kappa shape index (κ2) is 38.1. The van der Waals surface area contributed by atoms with Crippen LogP contribution in [0, 0.1) is 11.8 Å². The van der Waals surface area contributed by atoms with Gasteiger partial charge in [0.15, 0.2) is 6.10 Å². The van der Waals surface area contributed by atoms with Crippen molar-refractivity contribution in [3.05, 3.63) is 0 Å². The minimum Gasteiger partial charge on any atom is -0.462 e. The Bertz CT molecular complexity index is 781. The molecule has 0 aliphatic carbocycles. The van der Waals surface area contributed by atoms with Crippen molar-refractivity contribution < 1.29 is 28.6 Å². The summed E-state index contributed by atoms with van der Waals surface area (Å²) < 4.78 is 16.7. The van der Waals surface area contributed by atoms with E-state index in [1.165, 1.54) is 128 Å². The monoisotopic (exact) mass is 723 g/mol. The molecule has 0 aromatic heterocycles. The topological polar surface area (TPSA) is 78.9 Å². The van der Waals surface area contributed by atoms with Gasteiger partial charge in [-0.2, -0.15) is 0 Å². The number of ether oxygens (including phenoxy) is 3. The van der Waals surface area contributed by atoms with Crippen LogP contribution in [0.15, 0.2) is 0 Å². The zero-order valence-electron chi connectivity index (χ0n) is 34.7. The Hall–Kier alpha value is -1.59. The zero-order chi connectivity index (χ0) is 37.6. The summed E-state index contributed by atoms with van der Waals surface area (Å²) in [6, 6.07) is 0. The van der Waals surface area contributed by atoms with Gasteiger partial charge in [0.2, 0.25) is 0 Å². The smallest absolute Gasteiger partial charge is 0.306 e. The first-order valence-electron chi connectivity index (χ1n) is 22.3. The number of carbonyl (C=O) groups excluding carboxylic acids is 3. The number of hydrogen-bond acceptors (Lipinski definition) is 6. The van der Waals surface area contributed by atoms with Crippen LogP contribution in [0.5, 0.6) is 0 Å². The van der Waals surface area contributed by atoms with Gasteiger partial charge in [0.05, 0.1) is 0 Å². The molecule has 6 heteroatoms. The number of esters is 3. The zero-order valence-corrected chi connectivity index (χ0v) is 34.7. The van der Waals surface area contributed by atoms with E-state index in [9.17, 15) is 14.4 Å². The van der Waals surface area contributed by atoms with Crippen LogP contribution in [-0.4, -0.2) is 37.2 Å². The highest BCUT2D eigenvalue weighted by atomic mass is 16.6. The fourth-order valence-electron chi connectivity index (χ4n) is 6.54. The summed E-state index contributed by atoms with van der Waals surface area (Å²) in [7, 11) is 0. The number of rotatable bonds is 39. The Kier molecular flexibility index (Phi) is 37.0. The lowest BCUT2D eigenvalue weighted by atomic mass is 9.99. The molecule has 0 aromatic carbocycles. The van der Waals surface area contributed by atoms with Gasteiger partial charge in [0, 0.05) is 19.3 Å². The highest BCUT2D eigenvalue weighted by molar-refractivity contribution is 5.71. The van der Waals surface area contributed by atoms with Crippen LogP contribution < -0.4 is 0 Å². The van der Waals surface area contributed by atoms with Crippen molar-refractivity contribution >= 4 is 17.9 Å². The van der Waals surface area contributed by atoms with E-state index in [2.05, 4.69) is 34.6 Å². The molecule has 0 saturated carbocycles. The van der Waals surface area contributed by atoms with Crippen molar-refractivity contribution in [2.24, 2.45) is 11.8 Å². The molecular weight excluding hydrogens is 636 g/mol. The third kappa shape index (κ3) is 38.0. The normalized spacial score (nSPS) is 12.6. The quantitative estimate of drug-likeness (QED) is 0.0357. The van der Waals surface area contributed by atoms with Gasteiger partial charge < -0.3 is 14.2 Å². The van der Waals surface area contributed by atoms with Crippen molar-refractivity contribution in [3.8, 4) is 0 Å². The van der Waals surface area contributed by atoms with Gasteiger partial charge >= 0.3 is 17.9 Å². The van der Waals surface area contributed by atoms with Crippen LogP contribution in [0.25, 0.3) is 0 Å². The van der Waals surface area contributed by atoms with Crippen molar-refractivity contribution in [1.82, 2.24) is 0 Å². The number of unbranched alkanes of at least 4 members (excludes halogenated alkanes) is 23. The van der Waals surface area contributed by atoms with Gasteiger partial charge in [-0.05, 0) is 31.1 Å². The standard InChI is InChI=1S/C45H86O6/c1-6-8-9-10-11-14-20-25-30-35-43(46)49-38-42(51-45(48)37-32-27-22-17-18-23-28-33-40(3)4)39-50-44(47)36-31-26-21-16-13-12-15-19-24-29-34-41(5)7-2/h40-42H,6-39H2,1-5H3/t41?,42-/m1/s1. The van der Waals surface area contributed by atoms with E-state index in [1.807, 2.05) is 0 Å². The summed E-state index contributed by atoms with van der Waals surface area (Å²) in [6.45, 7) is 11.3. The molecule has 0 aliphatic rings. The fourth-order valence-corrected chi connectivity index (χ4v) is 6.54. The molecule has 0 rings (SSSR count). The predicted molar refractivity (Wildman–Crippen MR) is 215 cm³/mol. The lowest BCUT2D eigenvalue weighted by Crippen LogP contribution is -2.30. The minimum absolute atomic E-state index is 0.0659.